The first kappa shape index (κ1) is 14.3. The Bertz CT molecular complexity index is 369. The van der Waals surface area contributed by atoms with E-state index < -0.39 is 0 Å². The van der Waals surface area contributed by atoms with Gasteiger partial charge in [-0.25, -0.2) is 0 Å². The molecule has 20 heavy (non-hydrogen) atoms. The van der Waals surface area contributed by atoms with Gasteiger partial charge >= 0.3 is 5.97 Å². The Morgan fingerprint density at radius 1 is 1.20 bits per heavy atom. The highest BCUT2D eigenvalue weighted by molar-refractivity contribution is 5.73. The molecule has 0 amide bonds. The van der Waals surface area contributed by atoms with Gasteiger partial charge in [0.2, 0.25) is 0 Å². The molecule has 4 heteroatoms. The molecule has 0 spiro atoms. The summed E-state index contributed by atoms with van der Waals surface area (Å²) in [6.45, 7) is 4.68. The molecule has 114 valence electrons. The largest absolute Gasteiger partial charge is 0.465 e. The lowest BCUT2D eigenvalue weighted by molar-refractivity contribution is -0.156. The summed E-state index contributed by atoms with van der Waals surface area (Å²) in [5.74, 6) is 0.725. The van der Waals surface area contributed by atoms with Gasteiger partial charge in [-0.2, -0.15) is 0 Å². The summed E-state index contributed by atoms with van der Waals surface area (Å²) in [6.07, 6.45) is 5.32. The molecule has 0 radical (unpaired) electrons. The van der Waals surface area contributed by atoms with E-state index in [1.807, 2.05) is 6.92 Å². The number of aliphatic hydroxyl groups is 1. The van der Waals surface area contributed by atoms with Crippen LogP contribution in [0.3, 0.4) is 0 Å². The van der Waals surface area contributed by atoms with Crippen molar-refractivity contribution in [1.82, 2.24) is 0 Å². The summed E-state index contributed by atoms with van der Waals surface area (Å²) in [5.41, 5.74) is 0. The maximum Gasteiger partial charge on any atom is 0.309 e. The minimum absolute atomic E-state index is 0.0242. The number of hydrogen-bond donors (Lipinski definition) is 1. The summed E-state index contributed by atoms with van der Waals surface area (Å²) in [5, 5.41) is 9.87. The fourth-order valence-corrected chi connectivity index (χ4v) is 3.97. The minimum atomic E-state index is -0.351. The molecule has 1 N–H and O–H groups in total. The zero-order valence-electron chi connectivity index (χ0n) is 12.5. The molecule has 0 aromatic rings. The van der Waals surface area contributed by atoms with Gasteiger partial charge in [-0.05, 0) is 49.9 Å². The Labute approximate surface area is 120 Å². The molecule has 7 unspecified atom stereocenters. The van der Waals surface area contributed by atoms with E-state index in [9.17, 15) is 9.90 Å². The monoisotopic (exact) mass is 282 g/mol. The summed E-state index contributed by atoms with van der Waals surface area (Å²) >= 11 is 0. The van der Waals surface area contributed by atoms with Crippen molar-refractivity contribution in [2.75, 3.05) is 6.61 Å². The Morgan fingerprint density at radius 3 is 2.80 bits per heavy atom. The highest BCUT2D eigenvalue weighted by atomic mass is 16.6. The van der Waals surface area contributed by atoms with Crippen LogP contribution in [0.2, 0.25) is 0 Å². The number of ether oxygens (including phenoxy) is 2. The molecule has 1 aliphatic heterocycles. The molecule has 0 aromatic heterocycles. The van der Waals surface area contributed by atoms with E-state index in [1.165, 1.54) is 0 Å². The molecule has 0 bridgehead atoms. The van der Waals surface area contributed by atoms with Crippen LogP contribution in [0, 0.1) is 23.7 Å². The van der Waals surface area contributed by atoms with Gasteiger partial charge in [-0.15, -0.1) is 0 Å². The van der Waals surface area contributed by atoms with Crippen LogP contribution in [0.5, 0.6) is 0 Å². The van der Waals surface area contributed by atoms with E-state index in [1.54, 1.807) is 0 Å². The van der Waals surface area contributed by atoms with Crippen molar-refractivity contribution in [2.24, 2.45) is 23.7 Å². The van der Waals surface area contributed by atoms with Crippen molar-refractivity contribution in [3.8, 4) is 0 Å². The molecule has 3 aliphatic rings. The fourth-order valence-electron chi connectivity index (χ4n) is 3.97. The van der Waals surface area contributed by atoms with Crippen LogP contribution in [0.15, 0.2) is 0 Å². The standard InChI is InChI=1S/C16H26O4/c1-9-11(6-7-14-15(9)20-14)8-19-16(18)12-4-3-5-13(17)10(12)2/h9-15,17H,3-8H2,1-2H3. The van der Waals surface area contributed by atoms with E-state index in [0.717, 1.165) is 32.1 Å². The first-order valence-electron chi connectivity index (χ1n) is 8.08. The summed E-state index contributed by atoms with van der Waals surface area (Å²) < 4.78 is 11.2. The van der Waals surface area contributed by atoms with Gasteiger partial charge < -0.3 is 14.6 Å². The van der Waals surface area contributed by atoms with E-state index in [-0.39, 0.29) is 23.9 Å². The molecule has 3 fully saturated rings. The quantitative estimate of drug-likeness (QED) is 0.636. The molecule has 3 rings (SSSR count). The third-order valence-corrected chi connectivity index (χ3v) is 5.70. The van der Waals surface area contributed by atoms with Gasteiger partial charge in [-0.3, -0.25) is 4.79 Å². The Kier molecular flexibility index (Phi) is 4.04. The van der Waals surface area contributed by atoms with Crippen molar-refractivity contribution >= 4 is 5.97 Å². The van der Waals surface area contributed by atoms with Gasteiger partial charge in [0.15, 0.2) is 0 Å². The maximum atomic E-state index is 12.2. The molecule has 7 atom stereocenters. The van der Waals surface area contributed by atoms with E-state index in [0.29, 0.717) is 30.7 Å². The van der Waals surface area contributed by atoms with Crippen molar-refractivity contribution in [3.63, 3.8) is 0 Å². The Hall–Kier alpha value is -0.610. The molecule has 2 aliphatic carbocycles. The number of carbonyl (C=O) groups excluding carboxylic acids is 1. The third-order valence-electron chi connectivity index (χ3n) is 5.70. The van der Waals surface area contributed by atoms with E-state index in [2.05, 4.69) is 6.92 Å². The van der Waals surface area contributed by atoms with Gasteiger partial charge in [0.05, 0.1) is 30.8 Å². The lowest BCUT2D eigenvalue weighted by Crippen LogP contribution is -2.37. The zero-order valence-corrected chi connectivity index (χ0v) is 12.5. The average Bonchev–Trinajstić information content (AvgIpc) is 3.21. The second-order valence-electron chi connectivity index (χ2n) is 6.93. The van der Waals surface area contributed by atoms with E-state index >= 15 is 0 Å². The number of carbonyl (C=O) groups is 1. The molecule has 4 nitrogen and oxygen atoms in total. The molecule has 1 saturated heterocycles. The third kappa shape index (κ3) is 2.73. The molecule has 0 aromatic carbocycles. The van der Waals surface area contributed by atoms with Crippen LogP contribution >= 0.6 is 0 Å². The number of aliphatic hydroxyl groups excluding tert-OH is 1. The lowest BCUT2D eigenvalue weighted by atomic mass is 9.78. The molecular formula is C16H26O4. The Balaban J connectivity index is 1.49. The number of hydrogen-bond acceptors (Lipinski definition) is 4. The van der Waals surface area contributed by atoms with Crippen molar-refractivity contribution in [2.45, 2.75) is 64.3 Å². The molecular weight excluding hydrogens is 256 g/mol. The summed E-state index contributed by atoms with van der Waals surface area (Å²) in [7, 11) is 0. The van der Waals surface area contributed by atoms with Gasteiger partial charge in [-0.1, -0.05) is 13.8 Å². The predicted octanol–water partition coefficient (Wildman–Crippen LogP) is 2.14. The smallest absolute Gasteiger partial charge is 0.309 e. The number of fused-ring (bicyclic) bond motifs is 1. The van der Waals surface area contributed by atoms with Crippen molar-refractivity contribution < 1.29 is 19.4 Å². The number of rotatable bonds is 3. The van der Waals surface area contributed by atoms with Gasteiger partial charge in [0, 0.05) is 0 Å². The maximum absolute atomic E-state index is 12.2. The number of esters is 1. The van der Waals surface area contributed by atoms with Crippen LogP contribution < -0.4 is 0 Å². The van der Waals surface area contributed by atoms with Gasteiger partial charge in [0.25, 0.3) is 0 Å². The topological polar surface area (TPSA) is 59.1 Å². The first-order chi connectivity index (χ1) is 9.58. The zero-order chi connectivity index (χ0) is 14.3. The summed E-state index contributed by atoms with van der Waals surface area (Å²) in [4.78, 5) is 12.2. The second-order valence-corrected chi connectivity index (χ2v) is 6.93. The molecule has 1 heterocycles. The van der Waals surface area contributed by atoms with Crippen molar-refractivity contribution in [1.29, 1.82) is 0 Å². The fraction of sp³-hybridized carbons (Fsp3) is 0.938. The highest BCUT2D eigenvalue weighted by Gasteiger charge is 2.49. The van der Waals surface area contributed by atoms with Crippen LogP contribution in [-0.2, 0) is 14.3 Å². The van der Waals surface area contributed by atoms with Crippen LogP contribution in [0.25, 0.3) is 0 Å². The SMILES string of the molecule is CC1C(O)CCCC1C(=O)OCC1CCC2OC2C1C. The predicted molar refractivity (Wildman–Crippen MR) is 74.0 cm³/mol. The number of epoxide rings is 1. The minimum Gasteiger partial charge on any atom is -0.465 e. The Morgan fingerprint density at radius 2 is 2.00 bits per heavy atom. The average molecular weight is 282 g/mol. The second kappa shape index (κ2) is 5.64. The normalized spacial score (nSPS) is 47.5. The first-order valence-corrected chi connectivity index (χ1v) is 8.08. The lowest BCUT2D eigenvalue weighted by Gasteiger charge is -2.32. The van der Waals surface area contributed by atoms with E-state index in [4.69, 9.17) is 9.47 Å². The summed E-state index contributed by atoms with van der Waals surface area (Å²) in [6, 6.07) is 0. The van der Waals surface area contributed by atoms with Gasteiger partial charge in [0.1, 0.15) is 0 Å². The van der Waals surface area contributed by atoms with Crippen LogP contribution in [0.4, 0.5) is 0 Å². The van der Waals surface area contributed by atoms with Crippen molar-refractivity contribution in [3.05, 3.63) is 0 Å². The van der Waals surface area contributed by atoms with Crippen LogP contribution in [-0.4, -0.2) is 36.0 Å². The van der Waals surface area contributed by atoms with Crippen LogP contribution in [0.1, 0.15) is 46.0 Å². The highest BCUT2D eigenvalue weighted by Crippen LogP contribution is 2.43. The molecule has 2 saturated carbocycles.